The largest absolute Gasteiger partial charge is 0.354 e. The number of aromatic nitrogens is 3. The summed E-state index contributed by atoms with van der Waals surface area (Å²) in [5.41, 5.74) is 2.16. The topological polar surface area (TPSA) is 83.6 Å². The van der Waals surface area contributed by atoms with Gasteiger partial charge in [0, 0.05) is 19.2 Å². The van der Waals surface area contributed by atoms with Crippen LogP contribution in [0.4, 0.5) is 0 Å². The molecular weight excluding hydrogens is 298 g/mol. The zero-order valence-corrected chi connectivity index (χ0v) is 13.4. The number of hydrogen-bond donors (Lipinski definition) is 1. The summed E-state index contributed by atoms with van der Waals surface area (Å²) in [6.45, 7) is 2.41. The summed E-state index contributed by atoms with van der Waals surface area (Å²) in [6, 6.07) is 9.96. The second-order valence-electron chi connectivity index (χ2n) is 4.73. The molecule has 0 atom stereocenters. The van der Waals surface area contributed by atoms with E-state index in [0.29, 0.717) is 18.1 Å². The lowest BCUT2D eigenvalue weighted by Gasteiger charge is -2.06. The van der Waals surface area contributed by atoms with Crippen molar-refractivity contribution in [1.82, 2.24) is 20.1 Å². The first-order valence-electron chi connectivity index (χ1n) is 6.85. The number of nitrogens with one attached hydrogen (secondary N) is 1. The van der Waals surface area contributed by atoms with Gasteiger partial charge in [-0.05, 0) is 12.5 Å². The number of carbonyl (C=O) groups excluding carboxylic acids is 1. The number of thioether (sulfide) groups is 1. The van der Waals surface area contributed by atoms with Crippen molar-refractivity contribution >= 4 is 17.7 Å². The quantitative estimate of drug-likeness (QED) is 0.650. The lowest BCUT2D eigenvalue weighted by molar-refractivity contribution is -0.118. The number of hydrogen-bond acceptors (Lipinski definition) is 5. The molecule has 114 valence electrons. The average Bonchev–Trinajstić information content (AvgIpc) is 2.87. The summed E-state index contributed by atoms with van der Waals surface area (Å²) < 4.78 is 1.88. The molecule has 1 N–H and O–H groups in total. The van der Waals surface area contributed by atoms with Crippen LogP contribution in [0.5, 0.6) is 0 Å². The number of nitrogens with zero attached hydrogens (tertiary/aromatic N) is 4. The van der Waals surface area contributed by atoms with Gasteiger partial charge in [-0.15, -0.1) is 10.2 Å². The first-order chi connectivity index (χ1) is 10.6. The zero-order chi connectivity index (χ0) is 15.9. The second kappa shape index (κ2) is 7.61. The number of nitriles is 1. The Kier molecular flexibility index (Phi) is 5.55. The fourth-order valence-electron chi connectivity index (χ4n) is 1.94. The lowest BCUT2D eigenvalue weighted by Crippen LogP contribution is -2.26. The van der Waals surface area contributed by atoms with Gasteiger partial charge in [-0.3, -0.25) is 4.79 Å². The molecule has 0 unspecified atom stereocenters. The van der Waals surface area contributed by atoms with Crippen LogP contribution in [0.1, 0.15) is 12.0 Å². The van der Waals surface area contributed by atoms with Crippen molar-refractivity contribution in [2.45, 2.75) is 18.5 Å². The molecule has 1 aromatic heterocycles. The van der Waals surface area contributed by atoms with Crippen molar-refractivity contribution in [1.29, 1.82) is 5.26 Å². The monoisotopic (exact) mass is 315 g/mol. The van der Waals surface area contributed by atoms with Crippen LogP contribution in [0, 0.1) is 18.3 Å². The van der Waals surface area contributed by atoms with Crippen molar-refractivity contribution in [3.63, 3.8) is 0 Å². The van der Waals surface area contributed by atoms with Crippen molar-refractivity contribution < 1.29 is 4.79 Å². The van der Waals surface area contributed by atoms with Gasteiger partial charge in [-0.1, -0.05) is 36.0 Å². The van der Waals surface area contributed by atoms with E-state index in [1.165, 1.54) is 11.8 Å². The highest BCUT2D eigenvalue weighted by molar-refractivity contribution is 7.99. The molecule has 1 amide bonds. The molecule has 0 spiro atoms. The van der Waals surface area contributed by atoms with Gasteiger partial charge in [0.25, 0.3) is 0 Å². The molecule has 22 heavy (non-hydrogen) atoms. The number of rotatable bonds is 6. The van der Waals surface area contributed by atoms with Gasteiger partial charge in [0.15, 0.2) is 11.0 Å². The van der Waals surface area contributed by atoms with Crippen LogP contribution in [0.2, 0.25) is 0 Å². The van der Waals surface area contributed by atoms with E-state index < -0.39 is 0 Å². The van der Waals surface area contributed by atoms with Crippen molar-refractivity contribution in [3.05, 3.63) is 29.8 Å². The highest BCUT2D eigenvalue weighted by Gasteiger charge is 2.13. The van der Waals surface area contributed by atoms with Crippen LogP contribution in [0.3, 0.4) is 0 Å². The molecule has 0 aliphatic carbocycles. The molecule has 1 aromatic carbocycles. The maximum atomic E-state index is 11.6. The van der Waals surface area contributed by atoms with E-state index in [1.54, 1.807) is 0 Å². The Bertz CT molecular complexity index is 704. The zero-order valence-electron chi connectivity index (χ0n) is 12.5. The summed E-state index contributed by atoms with van der Waals surface area (Å²) in [4.78, 5) is 11.6. The molecular formula is C15H17N5OS. The molecule has 2 aromatic rings. The van der Waals surface area contributed by atoms with E-state index in [1.807, 2.05) is 48.9 Å². The minimum Gasteiger partial charge on any atom is -0.354 e. The van der Waals surface area contributed by atoms with Gasteiger partial charge in [0.05, 0.1) is 18.2 Å². The third-order valence-corrected chi connectivity index (χ3v) is 4.13. The smallest absolute Gasteiger partial charge is 0.230 e. The molecule has 0 bridgehead atoms. The van der Waals surface area contributed by atoms with Crippen LogP contribution in [0.25, 0.3) is 11.4 Å². The second-order valence-corrected chi connectivity index (χ2v) is 5.67. The van der Waals surface area contributed by atoms with E-state index in [2.05, 4.69) is 15.5 Å². The van der Waals surface area contributed by atoms with Crippen molar-refractivity contribution in [2.75, 3.05) is 12.3 Å². The fourth-order valence-corrected chi connectivity index (χ4v) is 2.68. The Balaban J connectivity index is 2.02. The predicted octanol–water partition coefficient (Wildman–Crippen LogP) is 1.91. The highest BCUT2D eigenvalue weighted by Crippen LogP contribution is 2.24. The van der Waals surface area contributed by atoms with Crippen LogP contribution in [0.15, 0.2) is 29.4 Å². The average molecular weight is 315 g/mol. The van der Waals surface area contributed by atoms with Gasteiger partial charge in [-0.25, -0.2) is 0 Å². The van der Waals surface area contributed by atoms with Crippen LogP contribution < -0.4 is 5.32 Å². The Morgan fingerprint density at radius 1 is 1.41 bits per heavy atom. The summed E-state index contributed by atoms with van der Waals surface area (Å²) in [6.07, 6.45) is 0.317. The number of benzene rings is 1. The number of amides is 1. The summed E-state index contributed by atoms with van der Waals surface area (Å²) >= 11 is 1.33. The van der Waals surface area contributed by atoms with E-state index in [-0.39, 0.29) is 11.7 Å². The van der Waals surface area contributed by atoms with E-state index >= 15 is 0 Å². The number of aryl methyl sites for hydroxylation is 1. The molecule has 2 rings (SSSR count). The molecule has 7 heteroatoms. The van der Waals surface area contributed by atoms with Crippen LogP contribution in [-0.4, -0.2) is 33.0 Å². The first kappa shape index (κ1) is 16.0. The minimum atomic E-state index is -0.110. The standard InChI is InChI=1S/C15H17N5OS/c1-11-6-3-4-7-12(11)14-18-19-15(20(14)2)22-10-13(21)17-9-5-8-16/h3-4,6-7H,5,9-10H2,1-2H3,(H,17,21). The third kappa shape index (κ3) is 3.86. The molecule has 0 saturated heterocycles. The Morgan fingerprint density at radius 2 is 2.18 bits per heavy atom. The SMILES string of the molecule is Cc1ccccc1-c1nnc(SCC(=O)NCCC#N)n1C. The molecule has 1 heterocycles. The van der Waals surface area contributed by atoms with Crippen molar-refractivity contribution in [3.8, 4) is 17.5 Å². The summed E-state index contributed by atoms with van der Waals surface area (Å²) in [5, 5.41) is 20.2. The molecule has 0 fully saturated rings. The first-order valence-corrected chi connectivity index (χ1v) is 7.84. The maximum absolute atomic E-state index is 11.6. The summed E-state index contributed by atoms with van der Waals surface area (Å²) in [5.74, 6) is 0.928. The van der Waals surface area contributed by atoms with Crippen molar-refractivity contribution in [2.24, 2.45) is 7.05 Å². The normalized spacial score (nSPS) is 10.2. The lowest BCUT2D eigenvalue weighted by atomic mass is 10.1. The molecule has 0 aliphatic heterocycles. The Hall–Kier alpha value is -2.33. The van der Waals surface area contributed by atoms with E-state index in [4.69, 9.17) is 5.26 Å². The molecule has 6 nitrogen and oxygen atoms in total. The maximum Gasteiger partial charge on any atom is 0.230 e. The Labute approximate surface area is 133 Å². The van der Waals surface area contributed by atoms with Gasteiger partial charge in [-0.2, -0.15) is 5.26 Å². The third-order valence-electron chi connectivity index (χ3n) is 3.11. The molecule has 0 saturated carbocycles. The number of carbonyl (C=O) groups is 1. The molecule has 0 radical (unpaired) electrons. The fraction of sp³-hybridized carbons (Fsp3) is 0.333. The van der Waals surface area contributed by atoms with E-state index in [9.17, 15) is 4.79 Å². The van der Waals surface area contributed by atoms with Crippen LogP contribution >= 0.6 is 11.8 Å². The summed E-state index contributed by atoms with van der Waals surface area (Å²) in [7, 11) is 1.89. The van der Waals surface area contributed by atoms with E-state index in [0.717, 1.165) is 17.0 Å². The highest BCUT2D eigenvalue weighted by atomic mass is 32.2. The van der Waals surface area contributed by atoms with Gasteiger partial charge in [0.1, 0.15) is 0 Å². The van der Waals surface area contributed by atoms with Gasteiger partial charge >= 0.3 is 0 Å². The minimum absolute atomic E-state index is 0.110. The van der Waals surface area contributed by atoms with Gasteiger partial charge in [0.2, 0.25) is 5.91 Å². The molecule has 0 aliphatic rings. The Morgan fingerprint density at radius 3 is 2.91 bits per heavy atom. The van der Waals surface area contributed by atoms with Crippen LogP contribution in [-0.2, 0) is 11.8 Å². The van der Waals surface area contributed by atoms with Gasteiger partial charge < -0.3 is 9.88 Å². The predicted molar refractivity (Wildman–Crippen MR) is 85.1 cm³/mol.